The van der Waals surface area contributed by atoms with Crippen LogP contribution in [0.4, 0.5) is 0 Å². The normalized spacial score (nSPS) is 27.5. The van der Waals surface area contributed by atoms with Gasteiger partial charge in [-0.05, 0) is 18.6 Å². The summed E-state index contributed by atoms with van der Waals surface area (Å²) < 4.78 is 0. The van der Waals surface area contributed by atoms with Crippen molar-refractivity contribution in [3.63, 3.8) is 0 Å². The predicted molar refractivity (Wildman–Crippen MR) is 81.9 cm³/mol. The standard InChI is InChI=1S/C13H23NO3S2/c15-12-10(8-18)6-4-2-1-3-5-7-19-9-11(14-12)13(16)17/h10-11,18H,1-9H2,(H,14,15)(H,16,17)/t10-,11+/m1/s1. The molecule has 0 aromatic heterocycles. The minimum Gasteiger partial charge on any atom is -0.480 e. The Bertz CT molecular complexity index is 300. The molecule has 19 heavy (non-hydrogen) atoms. The van der Waals surface area contributed by atoms with Gasteiger partial charge in [0.2, 0.25) is 5.91 Å². The second-order valence-corrected chi connectivity index (χ2v) is 6.43. The van der Waals surface area contributed by atoms with Crippen LogP contribution in [0, 0.1) is 5.92 Å². The van der Waals surface area contributed by atoms with Crippen molar-refractivity contribution in [3.05, 3.63) is 0 Å². The summed E-state index contributed by atoms with van der Waals surface area (Å²) in [6, 6.07) is -0.777. The number of nitrogens with one attached hydrogen (secondary N) is 1. The molecule has 0 unspecified atom stereocenters. The lowest BCUT2D eigenvalue weighted by Gasteiger charge is -2.18. The van der Waals surface area contributed by atoms with E-state index in [2.05, 4.69) is 17.9 Å². The monoisotopic (exact) mass is 305 g/mol. The summed E-state index contributed by atoms with van der Waals surface area (Å²) in [5.74, 6) is 0.605. The lowest BCUT2D eigenvalue weighted by Crippen LogP contribution is -2.45. The number of carbonyl (C=O) groups excluding carboxylic acids is 1. The molecule has 1 rings (SSSR count). The number of carboxylic acid groups (broad SMARTS) is 1. The minimum absolute atomic E-state index is 0.165. The van der Waals surface area contributed by atoms with Crippen molar-refractivity contribution in [2.75, 3.05) is 17.3 Å². The SMILES string of the molecule is O=C1N[C@H](C(=O)O)CSCCCCCCC[C@@H]1CS. The van der Waals surface area contributed by atoms with Gasteiger partial charge < -0.3 is 10.4 Å². The number of hydrogen-bond acceptors (Lipinski definition) is 4. The minimum atomic E-state index is -0.950. The molecule has 0 spiro atoms. The third-order valence-corrected chi connectivity index (χ3v) is 4.92. The summed E-state index contributed by atoms with van der Waals surface area (Å²) >= 11 is 5.81. The van der Waals surface area contributed by atoms with Crippen LogP contribution >= 0.6 is 24.4 Å². The summed E-state index contributed by atoms with van der Waals surface area (Å²) in [7, 11) is 0. The van der Waals surface area contributed by atoms with E-state index in [0.717, 1.165) is 31.4 Å². The van der Waals surface area contributed by atoms with Gasteiger partial charge in [0.05, 0.1) is 0 Å². The first kappa shape index (κ1) is 16.7. The van der Waals surface area contributed by atoms with E-state index in [4.69, 9.17) is 5.11 Å². The Morgan fingerprint density at radius 1 is 1.32 bits per heavy atom. The van der Waals surface area contributed by atoms with Crippen molar-refractivity contribution < 1.29 is 14.7 Å². The van der Waals surface area contributed by atoms with Crippen LogP contribution in [0.2, 0.25) is 0 Å². The second kappa shape index (κ2) is 9.53. The Morgan fingerprint density at radius 3 is 2.68 bits per heavy atom. The van der Waals surface area contributed by atoms with E-state index in [1.807, 2.05) is 0 Å². The van der Waals surface area contributed by atoms with Crippen LogP contribution in [0.5, 0.6) is 0 Å². The van der Waals surface area contributed by atoms with E-state index >= 15 is 0 Å². The number of thiol groups is 1. The number of rotatable bonds is 2. The summed E-state index contributed by atoms with van der Waals surface area (Å²) in [4.78, 5) is 23.2. The summed E-state index contributed by atoms with van der Waals surface area (Å²) in [6.45, 7) is 0. The van der Waals surface area contributed by atoms with Gasteiger partial charge in [-0.15, -0.1) is 0 Å². The van der Waals surface area contributed by atoms with E-state index in [1.54, 1.807) is 11.8 Å². The van der Waals surface area contributed by atoms with Crippen molar-refractivity contribution >= 4 is 36.3 Å². The second-order valence-electron chi connectivity index (χ2n) is 4.91. The molecule has 0 radical (unpaired) electrons. The van der Waals surface area contributed by atoms with E-state index in [0.29, 0.717) is 11.5 Å². The maximum absolute atomic E-state index is 12.0. The van der Waals surface area contributed by atoms with Crippen LogP contribution in [-0.2, 0) is 9.59 Å². The van der Waals surface area contributed by atoms with Crippen LogP contribution < -0.4 is 5.32 Å². The molecular weight excluding hydrogens is 282 g/mol. The molecule has 1 heterocycles. The number of carbonyl (C=O) groups is 2. The van der Waals surface area contributed by atoms with Gasteiger partial charge in [-0.2, -0.15) is 24.4 Å². The van der Waals surface area contributed by atoms with Crippen molar-refractivity contribution in [1.82, 2.24) is 5.32 Å². The zero-order valence-electron chi connectivity index (χ0n) is 11.1. The Hall–Kier alpha value is -0.360. The van der Waals surface area contributed by atoms with E-state index < -0.39 is 12.0 Å². The third-order valence-electron chi connectivity index (χ3n) is 3.33. The average molecular weight is 305 g/mol. The summed E-state index contributed by atoms with van der Waals surface area (Å²) in [5.41, 5.74) is 0. The topological polar surface area (TPSA) is 66.4 Å². The molecular formula is C13H23NO3S2. The summed E-state index contributed by atoms with van der Waals surface area (Å²) in [5, 5.41) is 11.8. The molecule has 1 fully saturated rings. The molecule has 0 bridgehead atoms. The van der Waals surface area contributed by atoms with Gasteiger partial charge in [-0.3, -0.25) is 4.79 Å². The highest BCUT2D eigenvalue weighted by Crippen LogP contribution is 2.16. The van der Waals surface area contributed by atoms with Gasteiger partial charge >= 0.3 is 5.97 Å². The number of hydrogen-bond donors (Lipinski definition) is 3. The maximum atomic E-state index is 12.0. The van der Waals surface area contributed by atoms with Crippen molar-refractivity contribution in [2.45, 2.75) is 44.6 Å². The molecule has 0 saturated carbocycles. The van der Waals surface area contributed by atoms with Crippen LogP contribution in [0.15, 0.2) is 0 Å². The third kappa shape index (κ3) is 6.56. The van der Waals surface area contributed by atoms with Gasteiger partial charge in [-0.1, -0.05) is 25.7 Å². The van der Waals surface area contributed by atoms with E-state index in [9.17, 15) is 9.59 Å². The van der Waals surface area contributed by atoms with Gasteiger partial charge in [0, 0.05) is 17.4 Å². The Balaban J connectivity index is 2.61. The number of amides is 1. The first-order valence-electron chi connectivity index (χ1n) is 6.87. The fraction of sp³-hybridized carbons (Fsp3) is 0.846. The molecule has 2 atom stereocenters. The fourth-order valence-corrected chi connectivity index (χ4v) is 3.48. The Kier molecular flexibility index (Phi) is 8.37. The highest BCUT2D eigenvalue weighted by Gasteiger charge is 2.24. The fourth-order valence-electron chi connectivity index (χ4n) is 2.10. The lowest BCUT2D eigenvalue weighted by molar-refractivity contribution is -0.141. The molecule has 4 nitrogen and oxygen atoms in total. The van der Waals surface area contributed by atoms with Crippen LogP contribution in [0.1, 0.15) is 38.5 Å². The molecule has 1 saturated heterocycles. The molecule has 1 aliphatic rings. The highest BCUT2D eigenvalue weighted by molar-refractivity contribution is 7.99. The molecule has 1 aliphatic heterocycles. The van der Waals surface area contributed by atoms with Gasteiger partial charge in [0.1, 0.15) is 6.04 Å². The largest absolute Gasteiger partial charge is 0.480 e. The molecule has 6 heteroatoms. The smallest absolute Gasteiger partial charge is 0.327 e. The Labute approximate surface area is 124 Å². The maximum Gasteiger partial charge on any atom is 0.327 e. The van der Waals surface area contributed by atoms with Gasteiger partial charge in [0.15, 0.2) is 0 Å². The number of aliphatic carboxylic acids is 1. The first-order chi connectivity index (χ1) is 9.15. The van der Waals surface area contributed by atoms with Crippen LogP contribution in [-0.4, -0.2) is 40.3 Å². The quantitative estimate of drug-likeness (QED) is 0.684. The molecule has 0 aliphatic carbocycles. The predicted octanol–water partition coefficient (Wildman–Crippen LogP) is 2.19. The molecule has 0 aromatic carbocycles. The van der Waals surface area contributed by atoms with Crippen molar-refractivity contribution in [3.8, 4) is 0 Å². The zero-order valence-corrected chi connectivity index (χ0v) is 12.8. The first-order valence-corrected chi connectivity index (χ1v) is 8.65. The van der Waals surface area contributed by atoms with Crippen LogP contribution in [0.3, 0.4) is 0 Å². The average Bonchev–Trinajstić information content (AvgIpc) is 2.40. The van der Waals surface area contributed by atoms with Crippen LogP contribution in [0.25, 0.3) is 0 Å². The molecule has 1 amide bonds. The van der Waals surface area contributed by atoms with Crippen molar-refractivity contribution in [2.24, 2.45) is 5.92 Å². The molecule has 110 valence electrons. The lowest BCUT2D eigenvalue weighted by atomic mass is 10.0. The van der Waals surface area contributed by atoms with Gasteiger partial charge in [0.25, 0.3) is 0 Å². The summed E-state index contributed by atoms with van der Waals surface area (Å²) in [6.07, 6.45) is 6.48. The van der Waals surface area contributed by atoms with E-state index in [1.165, 1.54) is 12.8 Å². The highest BCUT2D eigenvalue weighted by atomic mass is 32.2. The molecule has 2 N–H and O–H groups in total. The number of thioether (sulfide) groups is 1. The Morgan fingerprint density at radius 2 is 2.00 bits per heavy atom. The number of carboxylic acids is 1. The van der Waals surface area contributed by atoms with Gasteiger partial charge in [-0.25, -0.2) is 4.79 Å². The molecule has 0 aromatic rings. The van der Waals surface area contributed by atoms with E-state index in [-0.39, 0.29) is 11.8 Å². The zero-order chi connectivity index (χ0) is 14.1. The van der Waals surface area contributed by atoms with Crippen molar-refractivity contribution in [1.29, 1.82) is 0 Å².